The van der Waals surface area contributed by atoms with Gasteiger partial charge in [0.25, 0.3) is 0 Å². The molecule has 0 aromatic carbocycles. The minimum atomic E-state index is 0.311. The van der Waals surface area contributed by atoms with Crippen molar-refractivity contribution < 1.29 is 0 Å². The van der Waals surface area contributed by atoms with Gasteiger partial charge < -0.3 is 17.2 Å². The minimum Gasteiger partial charge on any atom is -0.385 e. The fourth-order valence-corrected chi connectivity index (χ4v) is 1.51. The molecule has 1 heterocycles. The molecule has 0 spiro atoms. The zero-order valence-electron chi connectivity index (χ0n) is 6.08. The summed E-state index contributed by atoms with van der Waals surface area (Å²) in [4.78, 5) is 0. The highest BCUT2D eigenvalue weighted by molar-refractivity contribution is 7.08. The second kappa shape index (κ2) is 3.41. The first kappa shape index (κ1) is 8.10. The molecule has 3 nitrogen and oxygen atoms in total. The molecule has 0 saturated heterocycles. The van der Waals surface area contributed by atoms with Gasteiger partial charge in [-0.05, 0) is 22.4 Å². The zero-order valence-corrected chi connectivity index (χ0v) is 6.90. The van der Waals surface area contributed by atoms with E-state index in [0.717, 1.165) is 11.1 Å². The molecule has 11 heavy (non-hydrogen) atoms. The molecular formula is C7H11N3S. The summed E-state index contributed by atoms with van der Waals surface area (Å²) < 4.78 is 0. The second-order valence-electron chi connectivity index (χ2n) is 2.15. The fourth-order valence-electron chi connectivity index (χ4n) is 0.839. The molecule has 1 aromatic rings. The van der Waals surface area contributed by atoms with E-state index in [0.29, 0.717) is 12.4 Å². The Bertz CT molecular complexity index is 247. The van der Waals surface area contributed by atoms with Gasteiger partial charge in [-0.15, -0.1) is 0 Å². The molecule has 0 fully saturated rings. The lowest BCUT2D eigenvalue weighted by molar-refractivity contribution is 1.18. The zero-order chi connectivity index (χ0) is 8.27. The lowest BCUT2D eigenvalue weighted by Gasteiger charge is -2.02. The van der Waals surface area contributed by atoms with Crippen LogP contribution in [0.4, 0.5) is 0 Å². The van der Waals surface area contributed by atoms with Crippen molar-refractivity contribution in [1.29, 1.82) is 0 Å². The average molecular weight is 169 g/mol. The lowest BCUT2D eigenvalue weighted by Crippen LogP contribution is -2.16. The summed E-state index contributed by atoms with van der Waals surface area (Å²) in [6.07, 6.45) is 0. The molecule has 0 radical (unpaired) electrons. The molecule has 0 aliphatic carbocycles. The van der Waals surface area contributed by atoms with Crippen molar-refractivity contribution in [3.63, 3.8) is 0 Å². The van der Waals surface area contributed by atoms with E-state index in [2.05, 4.69) is 0 Å². The van der Waals surface area contributed by atoms with Crippen LogP contribution in [0.5, 0.6) is 0 Å². The van der Waals surface area contributed by atoms with E-state index in [4.69, 9.17) is 17.2 Å². The highest BCUT2D eigenvalue weighted by Gasteiger charge is 2.01. The van der Waals surface area contributed by atoms with Gasteiger partial charge in [-0.3, -0.25) is 0 Å². The van der Waals surface area contributed by atoms with Crippen LogP contribution >= 0.6 is 11.3 Å². The van der Waals surface area contributed by atoms with E-state index in [1.165, 1.54) is 0 Å². The van der Waals surface area contributed by atoms with Crippen LogP contribution in [0.15, 0.2) is 22.6 Å². The third-order valence-electron chi connectivity index (χ3n) is 1.42. The van der Waals surface area contributed by atoms with E-state index in [-0.39, 0.29) is 0 Å². The van der Waals surface area contributed by atoms with Gasteiger partial charge in [-0.25, -0.2) is 0 Å². The first-order valence-electron chi connectivity index (χ1n) is 3.22. The van der Waals surface area contributed by atoms with Crippen LogP contribution < -0.4 is 17.2 Å². The lowest BCUT2D eigenvalue weighted by atomic mass is 10.1. The third kappa shape index (κ3) is 1.72. The SMILES string of the molecule is NCC(=C(N)N)c1ccsc1. The van der Waals surface area contributed by atoms with Crippen molar-refractivity contribution in [3.8, 4) is 0 Å². The Morgan fingerprint density at radius 2 is 2.18 bits per heavy atom. The molecule has 60 valence electrons. The van der Waals surface area contributed by atoms with Gasteiger partial charge in [0.15, 0.2) is 0 Å². The van der Waals surface area contributed by atoms with E-state index in [1.807, 2.05) is 16.8 Å². The quantitative estimate of drug-likeness (QED) is 0.595. The summed E-state index contributed by atoms with van der Waals surface area (Å²) in [5.74, 6) is 0.311. The summed E-state index contributed by atoms with van der Waals surface area (Å²) in [5.41, 5.74) is 18.1. The Morgan fingerprint density at radius 1 is 1.45 bits per heavy atom. The maximum Gasteiger partial charge on any atom is 0.0986 e. The van der Waals surface area contributed by atoms with Gasteiger partial charge in [-0.2, -0.15) is 11.3 Å². The molecule has 6 N–H and O–H groups in total. The molecular weight excluding hydrogens is 158 g/mol. The van der Waals surface area contributed by atoms with Crippen LogP contribution in [0.2, 0.25) is 0 Å². The summed E-state index contributed by atoms with van der Waals surface area (Å²) in [6.45, 7) is 0.388. The number of hydrogen-bond donors (Lipinski definition) is 3. The monoisotopic (exact) mass is 169 g/mol. The summed E-state index contributed by atoms with van der Waals surface area (Å²) in [6, 6.07) is 1.95. The Kier molecular flexibility index (Phi) is 2.51. The van der Waals surface area contributed by atoms with Crippen LogP contribution in [-0.4, -0.2) is 6.54 Å². The van der Waals surface area contributed by atoms with Crippen molar-refractivity contribution in [2.45, 2.75) is 0 Å². The standard InChI is InChI=1S/C7H11N3S/c8-3-6(7(9)10)5-1-2-11-4-5/h1-2,4H,3,8-10H2. The van der Waals surface area contributed by atoms with Crippen LogP contribution in [-0.2, 0) is 0 Å². The average Bonchev–Trinajstić information content (AvgIpc) is 2.40. The molecule has 0 bridgehead atoms. The largest absolute Gasteiger partial charge is 0.385 e. The van der Waals surface area contributed by atoms with Crippen LogP contribution in [0.25, 0.3) is 5.57 Å². The summed E-state index contributed by atoms with van der Waals surface area (Å²) in [5, 5.41) is 3.94. The van der Waals surface area contributed by atoms with Gasteiger partial charge in [0.1, 0.15) is 0 Å². The van der Waals surface area contributed by atoms with Crippen LogP contribution in [0.3, 0.4) is 0 Å². The van der Waals surface area contributed by atoms with Crippen LogP contribution in [0, 0.1) is 0 Å². The van der Waals surface area contributed by atoms with E-state index < -0.39 is 0 Å². The van der Waals surface area contributed by atoms with E-state index in [9.17, 15) is 0 Å². The van der Waals surface area contributed by atoms with Gasteiger partial charge >= 0.3 is 0 Å². The molecule has 0 aliphatic heterocycles. The first-order valence-corrected chi connectivity index (χ1v) is 4.16. The Morgan fingerprint density at radius 3 is 2.55 bits per heavy atom. The van der Waals surface area contributed by atoms with Crippen molar-refractivity contribution in [1.82, 2.24) is 0 Å². The molecule has 1 aromatic heterocycles. The van der Waals surface area contributed by atoms with Crippen LogP contribution in [0.1, 0.15) is 5.56 Å². The smallest absolute Gasteiger partial charge is 0.0986 e. The molecule has 0 aliphatic rings. The number of thiophene rings is 1. The minimum absolute atomic E-state index is 0.311. The Balaban J connectivity index is 2.99. The van der Waals surface area contributed by atoms with Crippen molar-refractivity contribution >= 4 is 16.9 Å². The topological polar surface area (TPSA) is 78.1 Å². The molecule has 0 saturated carbocycles. The highest BCUT2D eigenvalue weighted by atomic mass is 32.1. The summed E-state index contributed by atoms with van der Waals surface area (Å²) >= 11 is 1.60. The maximum absolute atomic E-state index is 5.45. The molecule has 0 unspecified atom stereocenters. The van der Waals surface area contributed by atoms with Gasteiger partial charge in [0.05, 0.1) is 5.82 Å². The van der Waals surface area contributed by atoms with Gasteiger partial charge in [-0.1, -0.05) is 0 Å². The molecule has 1 rings (SSSR count). The first-order chi connectivity index (χ1) is 5.25. The second-order valence-corrected chi connectivity index (χ2v) is 2.93. The van der Waals surface area contributed by atoms with Gasteiger partial charge in [0.2, 0.25) is 0 Å². The Labute approximate surface area is 69.5 Å². The van der Waals surface area contributed by atoms with Gasteiger partial charge in [0, 0.05) is 12.1 Å². The van der Waals surface area contributed by atoms with Crippen molar-refractivity contribution in [3.05, 3.63) is 28.2 Å². The van der Waals surface area contributed by atoms with Crippen molar-refractivity contribution in [2.75, 3.05) is 6.54 Å². The predicted octanol–water partition coefficient (Wildman–Crippen LogP) is 0.293. The molecule has 0 atom stereocenters. The van der Waals surface area contributed by atoms with E-state index >= 15 is 0 Å². The molecule has 0 amide bonds. The number of rotatable bonds is 2. The predicted molar refractivity (Wildman–Crippen MR) is 48.7 cm³/mol. The third-order valence-corrected chi connectivity index (χ3v) is 2.11. The number of hydrogen-bond acceptors (Lipinski definition) is 4. The van der Waals surface area contributed by atoms with Crippen molar-refractivity contribution in [2.24, 2.45) is 17.2 Å². The normalized spacial score (nSPS) is 9.55. The highest BCUT2D eigenvalue weighted by Crippen LogP contribution is 2.16. The Hall–Kier alpha value is -1.000. The molecule has 4 heteroatoms. The van der Waals surface area contributed by atoms with E-state index in [1.54, 1.807) is 11.3 Å². The fraction of sp³-hybridized carbons (Fsp3) is 0.143. The summed E-state index contributed by atoms with van der Waals surface area (Å²) in [7, 11) is 0. The number of nitrogens with two attached hydrogens (primary N) is 3. The maximum atomic E-state index is 5.45.